The number of ether oxygens (including phenoxy) is 2. The maximum absolute atomic E-state index is 5.98. The molecule has 0 spiro atoms. The zero-order chi connectivity index (χ0) is 16.4. The zero-order valence-electron chi connectivity index (χ0n) is 13.6. The Labute approximate surface area is 134 Å². The lowest BCUT2D eigenvalue weighted by atomic mass is 10.1. The van der Waals surface area contributed by atoms with E-state index in [1.54, 1.807) is 26.5 Å². The van der Waals surface area contributed by atoms with Gasteiger partial charge in [0.2, 0.25) is 11.8 Å². The zero-order valence-corrected chi connectivity index (χ0v) is 13.6. The van der Waals surface area contributed by atoms with Crippen LogP contribution in [0.4, 0.5) is 5.95 Å². The number of nitrogens with zero attached hydrogens (tertiary/aromatic N) is 2. The first kappa shape index (κ1) is 15.1. The molecule has 0 aliphatic carbocycles. The smallest absolute Gasteiger partial charge is 0.226 e. The first-order valence-electron chi connectivity index (χ1n) is 7.33. The van der Waals surface area contributed by atoms with E-state index < -0.39 is 0 Å². The second-order valence-corrected chi connectivity index (χ2v) is 5.24. The van der Waals surface area contributed by atoms with Gasteiger partial charge in [-0.25, -0.2) is 4.98 Å². The molecule has 120 valence electrons. The van der Waals surface area contributed by atoms with Gasteiger partial charge in [-0.3, -0.25) is 0 Å². The van der Waals surface area contributed by atoms with E-state index in [1.165, 1.54) is 0 Å². The number of anilines is 1. The van der Waals surface area contributed by atoms with Crippen LogP contribution < -0.4 is 14.8 Å². The average Bonchev–Trinajstić information content (AvgIpc) is 2.91. The van der Waals surface area contributed by atoms with Crippen LogP contribution in [0, 0.1) is 6.92 Å². The van der Waals surface area contributed by atoms with Crippen molar-refractivity contribution < 1.29 is 13.9 Å². The van der Waals surface area contributed by atoms with Crippen LogP contribution in [0.15, 0.2) is 34.9 Å². The Hall–Kier alpha value is -2.76. The van der Waals surface area contributed by atoms with Crippen molar-refractivity contribution in [3.05, 3.63) is 41.8 Å². The number of benzene rings is 1. The first-order chi connectivity index (χ1) is 11.1. The second kappa shape index (κ2) is 6.16. The van der Waals surface area contributed by atoms with Crippen LogP contribution in [-0.2, 0) is 0 Å². The standard InChI is InChI=1S/C17H19N3O3/c1-10-13-9-12(21-3)5-6-14(13)23-16(10)11(2)19-17-18-8-7-15(20-17)22-4/h5-9,11H,1-4H3,(H,18,19,20). The topological polar surface area (TPSA) is 69.4 Å². The van der Waals surface area contributed by atoms with Gasteiger partial charge in [-0.05, 0) is 32.0 Å². The van der Waals surface area contributed by atoms with E-state index >= 15 is 0 Å². The number of nitrogens with one attached hydrogen (secondary N) is 1. The number of methoxy groups -OCH3 is 2. The minimum absolute atomic E-state index is 0.0829. The maximum atomic E-state index is 5.98. The first-order valence-corrected chi connectivity index (χ1v) is 7.33. The molecule has 0 radical (unpaired) electrons. The molecule has 1 atom stereocenters. The fourth-order valence-electron chi connectivity index (χ4n) is 2.54. The Balaban J connectivity index is 1.91. The molecule has 3 aromatic rings. The molecule has 1 aromatic carbocycles. The van der Waals surface area contributed by atoms with Gasteiger partial charge < -0.3 is 19.2 Å². The quantitative estimate of drug-likeness (QED) is 0.774. The van der Waals surface area contributed by atoms with Crippen molar-refractivity contribution in [2.75, 3.05) is 19.5 Å². The van der Waals surface area contributed by atoms with Gasteiger partial charge in [-0.15, -0.1) is 0 Å². The summed E-state index contributed by atoms with van der Waals surface area (Å²) in [7, 11) is 3.23. The normalized spacial score (nSPS) is 12.2. The van der Waals surface area contributed by atoms with Crippen molar-refractivity contribution in [1.29, 1.82) is 0 Å². The van der Waals surface area contributed by atoms with Gasteiger partial charge in [-0.2, -0.15) is 4.98 Å². The summed E-state index contributed by atoms with van der Waals surface area (Å²) < 4.78 is 16.4. The molecule has 0 fully saturated rings. The molecule has 0 saturated heterocycles. The number of aromatic nitrogens is 2. The Bertz CT molecular complexity index is 829. The SMILES string of the molecule is COc1ccc2oc(C(C)Nc3nccc(OC)n3)c(C)c2c1. The lowest BCUT2D eigenvalue weighted by molar-refractivity contribution is 0.397. The Morgan fingerprint density at radius 1 is 1.17 bits per heavy atom. The summed E-state index contributed by atoms with van der Waals surface area (Å²) in [5, 5.41) is 4.28. The van der Waals surface area contributed by atoms with Gasteiger partial charge in [0, 0.05) is 23.2 Å². The lowest BCUT2D eigenvalue weighted by Gasteiger charge is -2.12. The van der Waals surface area contributed by atoms with E-state index in [0.717, 1.165) is 28.0 Å². The van der Waals surface area contributed by atoms with Gasteiger partial charge in [0.25, 0.3) is 0 Å². The second-order valence-electron chi connectivity index (χ2n) is 5.24. The predicted octanol–water partition coefficient (Wildman–Crippen LogP) is 3.72. The van der Waals surface area contributed by atoms with Crippen LogP contribution in [-0.4, -0.2) is 24.2 Å². The summed E-state index contributed by atoms with van der Waals surface area (Å²) in [6.07, 6.45) is 1.65. The average molecular weight is 313 g/mol. The van der Waals surface area contributed by atoms with E-state index in [9.17, 15) is 0 Å². The molecule has 1 unspecified atom stereocenters. The minimum atomic E-state index is -0.0829. The van der Waals surface area contributed by atoms with Crippen LogP contribution in [0.2, 0.25) is 0 Å². The predicted molar refractivity (Wildman–Crippen MR) is 88.1 cm³/mol. The van der Waals surface area contributed by atoms with Crippen LogP contribution in [0.3, 0.4) is 0 Å². The largest absolute Gasteiger partial charge is 0.497 e. The highest BCUT2D eigenvalue weighted by atomic mass is 16.5. The van der Waals surface area contributed by atoms with Crippen molar-refractivity contribution in [2.24, 2.45) is 0 Å². The summed E-state index contributed by atoms with van der Waals surface area (Å²) >= 11 is 0. The molecule has 2 aromatic heterocycles. The van der Waals surface area contributed by atoms with Crippen LogP contribution in [0.5, 0.6) is 11.6 Å². The van der Waals surface area contributed by atoms with Gasteiger partial charge in [-0.1, -0.05) is 0 Å². The third kappa shape index (κ3) is 2.92. The van der Waals surface area contributed by atoms with Crippen LogP contribution in [0.1, 0.15) is 24.3 Å². The Morgan fingerprint density at radius 3 is 2.74 bits per heavy atom. The molecular weight excluding hydrogens is 294 g/mol. The Morgan fingerprint density at radius 2 is 2.00 bits per heavy atom. The lowest BCUT2D eigenvalue weighted by Crippen LogP contribution is -2.09. The van der Waals surface area contributed by atoms with Gasteiger partial charge in [0.05, 0.1) is 20.3 Å². The number of hydrogen-bond donors (Lipinski definition) is 1. The molecule has 0 aliphatic heterocycles. The van der Waals surface area contributed by atoms with Crippen molar-refractivity contribution >= 4 is 16.9 Å². The summed E-state index contributed by atoms with van der Waals surface area (Å²) in [6, 6.07) is 7.40. The number of aryl methyl sites for hydroxylation is 1. The van der Waals surface area contributed by atoms with E-state index in [0.29, 0.717) is 11.8 Å². The summed E-state index contributed by atoms with van der Waals surface area (Å²) in [5.41, 5.74) is 1.90. The molecule has 1 N–H and O–H groups in total. The minimum Gasteiger partial charge on any atom is -0.497 e. The molecule has 3 rings (SSSR count). The molecule has 0 amide bonds. The molecule has 6 nitrogen and oxygen atoms in total. The molecule has 23 heavy (non-hydrogen) atoms. The fraction of sp³-hybridized carbons (Fsp3) is 0.294. The molecule has 0 saturated carbocycles. The van der Waals surface area contributed by atoms with Crippen molar-refractivity contribution in [1.82, 2.24) is 9.97 Å². The van der Waals surface area contributed by atoms with Crippen LogP contribution in [0.25, 0.3) is 11.0 Å². The number of furan rings is 1. The summed E-state index contributed by atoms with van der Waals surface area (Å²) in [4.78, 5) is 8.46. The number of fused-ring (bicyclic) bond motifs is 1. The third-order valence-electron chi connectivity index (χ3n) is 3.76. The monoisotopic (exact) mass is 313 g/mol. The Kier molecular flexibility index (Phi) is 4.06. The number of hydrogen-bond acceptors (Lipinski definition) is 6. The van der Waals surface area contributed by atoms with Crippen molar-refractivity contribution in [3.8, 4) is 11.6 Å². The van der Waals surface area contributed by atoms with E-state index in [-0.39, 0.29) is 6.04 Å². The molecule has 0 aliphatic rings. The third-order valence-corrected chi connectivity index (χ3v) is 3.76. The molecule has 6 heteroatoms. The maximum Gasteiger partial charge on any atom is 0.226 e. The summed E-state index contributed by atoms with van der Waals surface area (Å²) in [6.45, 7) is 4.04. The molecular formula is C17H19N3O3. The van der Waals surface area contributed by atoms with Crippen LogP contribution >= 0.6 is 0 Å². The van der Waals surface area contributed by atoms with Crippen molar-refractivity contribution in [3.63, 3.8) is 0 Å². The molecule has 2 heterocycles. The highest BCUT2D eigenvalue weighted by Gasteiger charge is 2.18. The van der Waals surface area contributed by atoms with Gasteiger partial charge in [0.15, 0.2) is 0 Å². The molecule has 0 bridgehead atoms. The highest BCUT2D eigenvalue weighted by molar-refractivity contribution is 5.83. The summed E-state index contributed by atoms with van der Waals surface area (Å²) in [5.74, 6) is 2.67. The van der Waals surface area contributed by atoms with Crippen molar-refractivity contribution in [2.45, 2.75) is 19.9 Å². The van der Waals surface area contributed by atoms with Gasteiger partial charge in [0.1, 0.15) is 17.1 Å². The fourth-order valence-corrected chi connectivity index (χ4v) is 2.54. The van der Waals surface area contributed by atoms with Gasteiger partial charge >= 0.3 is 0 Å². The van der Waals surface area contributed by atoms with E-state index in [4.69, 9.17) is 13.9 Å². The van der Waals surface area contributed by atoms with E-state index in [2.05, 4.69) is 15.3 Å². The highest BCUT2D eigenvalue weighted by Crippen LogP contribution is 2.32. The van der Waals surface area contributed by atoms with E-state index in [1.807, 2.05) is 32.0 Å². The number of rotatable bonds is 5.